The fourth-order valence-electron chi connectivity index (χ4n) is 2.63. The van der Waals surface area contributed by atoms with Gasteiger partial charge in [0.05, 0.1) is 24.3 Å². The molecule has 2 bridgehead atoms. The highest BCUT2D eigenvalue weighted by Crippen LogP contribution is 2.38. The molecule has 3 aliphatic rings. The molecular formula is C7H14Br2N2O. The third-order valence-electron chi connectivity index (χ3n) is 3.09. The highest BCUT2D eigenvalue weighted by molar-refractivity contribution is 8.93. The van der Waals surface area contributed by atoms with E-state index in [0.717, 1.165) is 6.54 Å². The summed E-state index contributed by atoms with van der Waals surface area (Å²) >= 11 is 0. The average Bonchev–Trinajstić information content (AvgIpc) is 2.44. The molecule has 2 N–H and O–H groups in total. The molecule has 72 valence electrons. The summed E-state index contributed by atoms with van der Waals surface area (Å²) in [5.74, 6) is 0. The third-order valence-corrected chi connectivity index (χ3v) is 3.09. The predicted octanol–water partition coefficient (Wildman–Crippen LogP) is 0.325. The van der Waals surface area contributed by atoms with E-state index in [1.807, 2.05) is 0 Å². The number of hydrogen-bond donors (Lipinski definition) is 1. The van der Waals surface area contributed by atoms with Crippen molar-refractivity contribution in [2.45, 2.75) is 30.7 Å². The smallest absolute Gasteiger partial charge is 0.0873 e. The minimum Gasteiger partial charge on any atom is -0.370 e. The lowest BCUT2D eigenvalue weighted by Crippen LogP contribution is -2.38. The number of halogens is 2. The zero-order valence-corrected chi connectivity index (χ0v) is 10.1. The number of morpholine rings is 1. The SMILES string of the molecule is Br.Br.N[C@H]1[C@@H]2[C@H]3CCN2C[C@@H]1O3. The van der Waals surface area contributed by atoms with Crippen LogP contribution < -0.4 is 5.73 Å². The molecule has 0 aliphatic carbocycles. The summed E-state index contributed by atoms with van der Waals surface area (Å²) < 4.78 is 5.70. The van der Waals surface area contributed by atoms with Crippen LogP contribution in [0.4, 0.5) is 0 Å². The van der Waals surface area contributed by atoms with Crippen LogP contribution in [-0.2, 0) is 4.74 Å². The maximum atomic E-state index is 5.94. The van der Waals surface area contributed by atoms with E-state index in [0.29, 0.717) is 24.3 Å². The fraction of sp³-hybridized carbons (Fsp3) is 1.00. The Morgan fingerprint density at radius 1 is 1.25 bits per heavy atom. The number of nitrogens with zero attached hydrogens (tertiary/aromatic N) is 1. The number of hydrogen-bond acceptors (Lipinski definition) is 3. The van der Waals surface area contributed by atoms with Crippen LogP contribution in [0.2, 0.25) is 0 Å². The van der Waals surface area contributed by atoms with E-state index in [4.69, 9.17) is 10.5 Å². The van der Waals surface area contributed by atoms with Crippen LogP contribution in [0, 0.1) is 0 Å². The second-order valence-electron chi connectivity index (χ2n) is 3.56. The largest absolute Gasteiger partial charge is 0.370 e. The van der Waals surface area contributed by atoms with Gasteiger partial charge in [0.1, 0.15) is 0 Å². The maximum Gasteiger partial charge on any atom is 0.0873 e. The Hall–Kier alpha value is 0.840. The van der Waals surface area contributed by atoms with Crippen molar-refractivity contribution in [3.63, 3.8) is 0 Å². The van der Waals surface area contributed by atoms with Crippen molar-refractivity contribution in [2.24, 2.45) is 5.73 Å². The van der Waals surface area contributed by atoms with E-state index >= 15 is 0 Å². The number of fused-ring (bicyclic) bond motifs is 1. The van der Waals surface area contributed by atoms with Crippen molar-refractivity contribution in [3.05, 3.63) is 0 Å². The molecule has 3 saturated heterocycles. The van der Waals surface area contributed by atoms with Gasteiger partial charge in [0.15, 0.2) is 0 Å². The molecule has 3 rings (SSSR count). The Balaban J connectivity index is 0.000000360. The van der Waals surface area contributed by atoms with Crippen LogP contribution in [-0.4, -0.2) is 42.3 Å². The van der Waals surface area contributed by atoms with Gasteiger partial charge in [-0.1, -0.05) is 0 Å². The first-order valence-electron chi connectivity index (χ1n) is 4.01. The molecule has 0 saturated carbocycles. The van der Waals surface area contributed by atoms with Gasteiger partial charge in [-0.3, -0.25) is 4.90 Å². The molecule has 3 aliphatic heterocycles. The Morgan fingerprint density at radius 2 is 2.00 bits per heavy atom. The topological polar surface area (TPSA) is 38.5 Å². The van der Waals surface area contributed by atoms with Gasteiger partial charge in [0, 0.05) is 13.1 Å². The molecule has 5 heteroatoms. The van der Waals surface area contributed by atoms with Crippen LogP contribution in [0.1, 0.15) is 6.42 Å². The Labute approximate surface area is 93.2 Å². The predicted molar refractivity (Wildman–Crippen MR) is 57.3 cm³/mol. The van der Waals surface area contributed by atoms with Crippen molar-refractivity contribution in [2.75, 3.05) is 13.1 Å². The molecule has 12 heavy (non-hydrogen) atoms. The summed E-state index contributed by atoms with van der Waals surface area (Å²) in [5.41, 5.74) is 5.94. The molecule has 3 fully saturated rings. The molecular weight excluding hydrogens is 288 g/mol. The summed E-state index contributed by atoms with van der Waals surface area (Å²) in [6, 6.07) is 0.887. The van der Waals surface area contributed by atoms with Crippen LogP contribution in [0.25, 0.3) is 0 Å². The normalized spacial score (nSPS) is 48.8. The lowest BCUT2D eigenvalue weighted by Gasteiger charge is -2.21. The van der Waals surface area contributed by atoms with E-state index in [1.165, 1.54) is 13.0 Å². The average molecular weight is 302 g/mol. The minimum absolute atomic E-state index is 0. The Bertz CT molecular complexity index is 164. The Kier molecular flexibility index (Phi) is 3.22. The zero-order chi connectivity index (χ0) is 6.72. The van der Waals surface area contributed by atoms with Crippen LogP contribution in [0.15, 0.2) is 0 Å². The zero-order valence-electron chi connectivity index (χ0n) is 6.68. The van der Waals surface area contributed by atoms with E-state index in [1.54, 1.807) is 0 Å². The van der Waals surface area contributed by atoms with Gasteiger partial charge in [0.2, 0.25) is 0 Å². The molecule has 4 atom stereocenters. The molecule has 0 aromatic rings. The maximum absolute atomic E-state index is 5.94. The summed E-state index contributed by atoms with van der Waals surface area (Å²) in [7, 11) is 0. The summed E-state index contributed by atoms with van der Waals surface area (Å²) in [6.07, 6.45) is 2.04. The van der Waals surface area contributed by atoms with Gasteiger partial charge in [-0.05, 0) is 6.42 Å². The lowest BCUT2D eigenvalue weighted by atomic mass is 10.1. The Morgan fingerprint density at radius 3 is 2.50 bits per heavy atom. The second-order valence-corrected chi connectivity index (χ2v) is 3.56. The highest BCUT2D eigenvalue weighted by Gasteiger charge is 2.55. The highest BCUT2D eigenvalue weighted by atomic mass is 79.9. The number of nitrogens with two attached hydrogens (primary N) is 1. The monoisotopic (exact) mass is 300 g/mol. The van der Waals surface area contributed by atoms with Crippen LogP contribution in [0.5, 0.6) is 0 Å². The minimum atomic E-state index is 0. The van der Waals surface area contributed by atoms with E-state index in [2.05, 4.69) is 4.90 Å². The first-order valence-corrected chi connectivity index (χ1v) is 4.01. The van der Waals surface area contributed by atoms with Gasteiger partial charge in [-0.15, -0.1) is 34.0 Å². The summed E-state index contributed by atoms with van der Waals surface area (Å²) in [4.78, 5) is 2.48. The van der Waals surface area contributed by atoms with Crippen molar-refractivity contribution >= 4 is 34.0 Å². The first-order chi connectivity index (χ1) is 4.86. The van der Waals surface area contributed by atoms with Crippen molar-refractivity contribution in [1.29, 1.82) is 0 Å². The van der Waals surface area contributed by atoms with Crippen molar-refractivity contribution in [1.82, 2.24) is 4.90 Å². The van der Waals surface area contributed by atoms with Gasteiger partial charge in [0.25, 0.3) is 0 Å². The molecule has 0 radical (unpaired) electrons. The number of rotatable bonds is 0. The van der Waals surface area contributed by atoms with Crippen LogP contribution in [0.3, 0.4) is 0 Å². The standard InChI is InChI=1S/C7H12N2O.2BrH/c8-6-5-3-9-2-1-4(10-5)7(6)9;;/h4-7H,1-3,8H2;2*1H/t4-,5+,6-,7+;;/m1../s1. The van der Waals surface area contributed by atoms with Gasteiger partial charge >= 0.3 is 0 Å². The quantitative estimate of drug-likeness (QED) is 0.701. The van der Waals surface area contributed by atoms with E-state index < -0.39 is 0 Å². The number of ether oxygens (including phenoxy) is 1. The molecule has 0 aromatic carbocycles. The molecule has 0 unspecified atom stereocenters. The van der Waals surface area contributed by atoms with E-state index in [-0.39, 0.29) is 34.0 Å². The summed E-state index contributed by atoms with van der Waals surface area (Å²) in [6.45, 7) is 2.29. The lowest BCUT2D eigenvalue weighted by molar-refractivity contribution is 0.00885. The van der Waals surface area contributed by atoms with Crippen molar-refractivity contribution in [3.8, 4) is 0 Å². The van der Waals surface area contributed by atoms with Gasteiger partial charge < -0.3 is 10.5 Å². The molecule has 0 amide bonds. The molecule has 3 heterocycles. The third kappa shape index (κ3) is 1.18. The van der Waals surface area contributed by atoms with Gasteiger partial charge in [-0.25, -0.2) is 0 Å². The second kappa shape index (κ2) is 3.53. The van der Waals surface area contributed by atoms with E-state index in [9.17, 15) is 0 Å². The first kappa shape index (κ1) is 10.9. The molecule has 3 nitrogen and oxygen atoms in total. The van der Waals surface area contributed by atoms with Gasteiger partial charge in [-0.2, -0.15) is 0 Å². The van der Waals surface area contributed by atoms with Crippen LogP contribution >= 0.6 is 34.0 Å². The fourth-order valence-corrected chi connectivity index (χ4v) is 2.63. The van der Waals surface area contributed by atoms with Crippen molar-refractivity contribution < 1.29 is 4.74 Å². The molecule has 0 spiro atoms. The summed E-state index contributed by atoms with van der Waals surface area (Å²) in [5, 5.41) is 0. The molecule has 0 aromatic heterocycles.